The van der Waals surface area contributed by atoms with Crippen LogP contribution in [0.2, 0.25) is 0 Å². The Morgan fingerprint density at radius 3 is 2.55 bits per heavy atom. The van der Waals surface area contributed by atoms with Crippen molar-refractivity contribution >= 4 is 29.2 Å². The molecule has 2 heteroatoms. The predicted octanol–water partition coefficient (Wildman–Crippen LogP) is 10.2. The first kappa shape index (κ1) is 27.6. The third-order valence-corrected chi connectivity index (χ3v) is 9.37. The lowest BCUT2D eigenvalue weighted by atomic mass is 9.65. The van der Waals surface area contributed by atoms with Crippen LogP contribution in [0.25, 0.3) is 22.8 Å². The van der Waals surface area contributed by atoms with Gasteiger partial charge in [-0.1, -0.05) is 111 Å². The summed E-state index contributed by atoms with van der Waals surface area (Å²) >= 11 is 1.93. The zero-order valence-corrected chi connectivity index (χ0v) is 24.7. The number of aryl methyl sites for hydroxylation is 2. The second-order valence-corrected chi connectivity index (χ2v) is 11.5. The van der Waals surface area contributed by atoms with Gasteiger partial charge in [0.05, 0.1) is 5.41 Å². The fourth-order valence-corrected chi connectivity index (χ4v) is 7.80. The van der Waals surface area contributed by atoms with Crippen LogP contribution in [0.5, 0.6) is 0 Å². The van der Waals surface area contributed by atoms with Crippen LogP contribution in [0.15, 0.2) is 121 Å². The zero-order chi connectivity index (χ0) is 28.3. The smallest absolute Gasteiger partial charge is 0.0676 e. The van der Waals surface area contributed by atoms with Crippen LogP contribution in [0.4, 0.5) is 0 Å². The van der Waals surface area contributed by atoms with E-state index in [1.54, 1.807) is 0 Å². The van der Waals surface area contributed by atoms with E-state index in [1.165, 1.54) is 59.8 Å². The maximum Gasteiger partial charge on any atom is 0.0676 e. The van der Waals surface area contributed by atoms with Gasteiger partial charge in [0.2, 0.25) is 0 Å². The molecule has 0 radical (unpaired) electrons. The summed E-state index contributed by atoms with van der Waals surface area (Å²) in [4.78, 5) is 7.14. The first-order valence-electron chi connectivity index (χ1n) is 14.0. The highest BCUT2D eigenvalue weighted by atomic mass is 32.1. The van der Waals surface area contributed by atoms with Gasteiger partial charge < -0.3 is 0 Å². The quantitative estimate of drug-likeness (QED) is 0.189. The van der Waals surface area contributed by atoms with Gasteiger partial charge in [-0.05, 0) is 82.9 Å². The second kappa shape index (κ2) is 11.6. The number of hydrogen-bond donors (Lipinski definition) is 0. The van der Waals surface area contributed by atoms with Crippen LogP contribution in [0.3, 0.4) is 0 Å². The molecule has 2 aliphatic rings. The van der Waals surface area contributed by atoms with Gasteiger partial charge in [0.25, 0.3) is 0 Å². The Bertz CT molecular complexity index is 1650. The molecular formula is C38H37NS. The van der Waals surface area contributed by atoms with Crippen LogP contribution in [0, 0.1) is 6.92 Å². The number of allylic oxidation sites excluding steroid dienone is 9. The van der Waals surface area contributed by atoms with E-state index in [4.69, 9.17) is 0 Å². The molecule has 2 aliphatic carbocycles. The monoisotopic (exact) mass is 539 g/mol. The molecule has 0 amide bonds. The molecule has 200 valence electrons. The lowest BCUT2D eigenvalue weighted by Gasteiger charge is -2.36. The SMILES string of the molecule is C=C/C=C\c1c(C)sc2c1C(c1ccc3c(c1)C(/C(C=C)=C/C=NC)(/C(=C/C=C)CC)c1ccccc1-3)=CCC2. The molecule has 0 saturated heterocycles. The molecule has 40 heavy (non-hydrogen) atoms. The van der Waals surface area contributed by atoms with Crippen LogP contribution < -0.4 is 0 Å². The van der Waals surface area contributed by atoms with E-state index in [9.17, 15) is 0 Å². The average molecular weight is 540 g/mol. The van der Waals surface area contributed by atoms with Gasteiger partial charge in [-0.3, -0.25) is 4.99 Å². The van der Waals surface area contributed by atoms with Crippen LogP contribution in [-0.4, -0.2) is 13.3 Å². The Labute approximate surface area is 243 Å². The maximum absolute atomic E-state index is 4.31. The summed E-state index contributed by atoms with van der Waals surface area (Å²) in [5.41, 5.74) is 12.3. The molecule has 1 unspecified atom stereocenters. The molecule has 3 aromatic rings. The number of hydrogen-bond acceptors (Lipinski definition) is 2. The number of nitrogens with zero attached hydrogens (tertiary/aromatic N) is 1. The highest BCUT2D eigenvalue weighted by Crippen LogP contribution is 2.58. The summed E-state index contributed by atoms with van der Waals surface area (Å²) in [5.74, 6) is 0. The molecule has 0 spiro atoms. The molecule has 1 nitrogen and oxygen atoms in total. The van der Waals surface area contributed by atoms with Crippen molar-refractivity contribution in [3.05, 3.63) is 153 Å². The summed E-state index contributed by atoms with van der Waals surface area (Å²) < 4.78 is 0. The highest BCUT2D eigenvalue weighted by Gasteiger charge is 2.47. The second-order valence-electron chi connectivity index (χ2n) is 10.2. The minimum atomic E-state index is -0.484. The van der Waals surface area contributed by atoms with Gasteiger partial charge in [0, 0.05) is 28.6 Å². The summed E-state index contributed by atoms with van der Waals surface area (Å²) in [6.07, 6.45) is 21.7. The Morgan fingerprint density at radius 2 is 1.82 bits per heavy atom. The summed E-state index contributed by atoms with van der Waals surface area (Å²) in [6, 6.07) is 15.9. The molecule has 0 saturated carbocycles. The van der Waals surface area contributed by atoms with E-state index in [1.807, 2.05) is 42.8 Å². The largest absolute Gasteiger partial charge is 0.297 e. The van der Waals surface area contributed by atoms with E-state index < -0.39 is 5.41 Å². The van der Waals surface area contributed by atoms with E-state index in [2.05, 4.69) is 111 Å². The van der Waals surface area contributed by atoms with E-state index in [0.29, 0.717) is 0 Å². The fourth-order valence-electron chi connectivity index (χ4n) is 6.61. The van der Waals surface area contributed by atoms with Crippen molar-refractivity contribution in [3.8, 4) is 11.1 Å². The molecule has 0 N–H and O–H groups in total. The molecular weight excluding hydrogens is 502 g/mol. The van der Waals surface area contributed by atoms with Crippen LogP contribution >= 0.6 is 11.3 Å². The minimum Gasteiger partial charge on any atom is -0.297 e. The van der Waals surface area contributed by atoms with Crippen molar-refractivity contribution in [2.75, 3.05) is 7.05 Å². The minimum absolute atomic E-state index is 0.484. The van der Waals surface area contributed by atoms with Crippen molar-refractivity contribution in [1.29, 1.82) is 0 Å². The van der Waals surface area contributed by atoms with Crippen molar-refractivity contribution < 1.29 is 0 Å². The van der Waals surface area contributed by atoms with Gasteiger partial charge in [-0.2, -0.15) is 0 Å². The molecule has 2 aromatic carbocycles. The Morgan fingerprint density at radius 1 is 1.02 bits per heavy atom. The van der Waals surface area contributed by atoms with Crippen LogP contribution in [0.1, 0.15) is 57.3 Å². The highest BCUT2D eigenvalue weighted by molar-refractivity contribution is 7.12. The fraction of sp³-hybridized carbons (Fsp3) is 0.184. The third kappa shape index (κ3) is 4.28. The molecule has 1 atom stereocenters. The third-order valence-electron chi connectivity index (χ3n) is 8.19. The summed E-state index contributed by atoms with van der Waals surface area (Å²) in [7, 11) is 1.81. The number of rotatable bonds is 9. The Kier molecular flexibility index (Phi) is 8.00. The number of thiophene rings is 1. The molecule has 0 fully saturated rings. The number of aliphatic imine (C=N–C) groups is 1. The molecule has 1 aromatic heterocycles. The summed E-state index contributed by atoms with van der Waals surface area (Å²) in [5, 5.41) is 0. The van der Waals surface area contributed by atoms with Crippen molar-refractivity contribution in [3.63, 3.8) is 0 Å². The summed E-state index contributed by atoms with van der Waals surface area (Å²) in [6.45, 7) is 16.8. The van der Waals surface area contributed by atoms with Gasteiger partial charge in [0.1, 0.15) is 0 Å². The normalized spacial score (nSPS) is 18.4. The molecule has 1 heterocycles. The zero-order valence-electron chi connectivity index (χ0n) is 23.8. The standard InChI is InChI=1S/C38H37NS/c1-7-11-16-30-26(5)40-36-20-14-18-31(37(30)36)27-21-22-33-32-17-12-13-19-34(32)38(35(33)25-27,28(9-3)15-8-2)29(10-4)23-24-39-6/h7-8,10-13,15-19,21-25H,1-2,4,9,14,20H2,3,5-6H3/b16-11-,28-15+,29-23+,39-24?. The van der Waals surface area contributed by atoms with Crippen molar-refractivity contribution in [2.45, 2.75) is 38.5 Å². The lowest BCUT2D eigenvalue weighted by molar-refractivity contribution is 0.712. The van der Waals surface area contributed by atoms with E-state index in [0.717, 1.165) is 24.8 Å². The number of benzene rings is 2. The Hall–Kier alpha value is -4.01. The van der Waals surface area contributed by atoms with Gasteiger partial charge >= 0.3 is 0 Å². The number of fused-ring (bicyclic) bond motifs is 4. The lowest BCUT2D eigenvalue weighted by Crippen LogP contribution is -2.30. The molecule has 5 rings (SSSR count). The van der Waals surface area contributed by atoms with Crippen LogP contribution in [-0.2, 0) is 11.8 Å². The van der Waals surface area contributed by atoms with Gasteiger partial charge in [0.15, 0.2) is 0 Å². The average Bonchev–Trinajstić information content (AvgIpc) is 3.46. The maximum atomic E-state index is 4.31. The van der Waals surface area contributed by atoms with Crippen molar-refractivity contribution in [1.82, 2.24) is 0 Å². The molecule has 0 aliphatic heterocycles. The van der Waals surface area contributed by atoms with Gasteiger partial charge in [-0.25, -0.2) is 0 Å². The predicted molar refractivity (Wildman–Crippen MR) is 178 cm³/mol. The van der Waals surface area contributed by atoms with E-state index >= 15 is 0 Å². The Balaban J connectivity index is 1.84. The van der Waals surface area contributed by atoms with E-state index in [-0.39, 0.29) is 0 Å². The molecule has 0 bridgehead atoms. The first-order chi connectivity index (χ1) is 19.6. The van der Waals surface area contributed by atoms with Crippen molar-refractivity contribution in [2.24, 2.45) is 4.99 Å². The van der Waals surface area contributed by atoms with Gasteiger partial charge in [-0.15, -0.1) is 11.3 Å². The first-order valence-corrected chi connectivity index (χ1v) is 14.8. The topological polar surface area (TPSA) is 12.4 Å².